The molecule has 1 aromatic rings. The Morgan fingerprint density at radius 3 is 2.38 bits per heavy atom. The monoisotopic (exact) mass is 107 g/mol. The highest BCUT2D eigenvalue weighted by Gasteiger charge is 1.82. The molecule has 0 radical (unpaired) electrons. The summed E-state index contributed by atoms with van der Waals surface area (Å²) in [5.41, 5.74) is 0.892. The molecule has 0 aliphatic rings. The molecule has 0 amide bonds. The van der Waals surface area contributed by atoms with E-state index in [1.54, 1.807) is 0 Å². The van der Waals surface area contributed by atoms with Gasteiger partial charge in [0.2, 0.25) is 0 Å². The van der Waals surface area contributed by atoms with Crippen LogP contribution in [-0.4, -0.2) is 6.72 Å². The summed E-state index contributed by atoms with van der Waals surface area (Å²) < 4.78 is 0. The molecule has 0 aliphatic carbocycles. The van der Waals surface area contributed by atoms with Gasteiger partial charge in [0.05, 0.1) is 5.69 Å². The minimum Gasteiger partial charge on any atom is -0.264 e. The third kappa shape index (κ3) is 0.904. The Labute approximate surface area is 47.9 Å². The van der Waals surface area contributed by atoms with Crippen LogP contribution in [0.3, 0.4) is 0 Å². The van der Waals surface area contributed by atoms with Gasteiger partial charge in [-0.1, -0.05) is 0 Å². The Balaban J connectivity index is 2.99. The van der Waals surface area contributed by atoms with E-state index >= 15 is 0 Å². The van der Waals surface area contributed by atoms with Crippen molar-refractivity contribution in [2.45, 2.75) is 0 Å². The van der Waals surface area contributed by atoms with E-state index in [-0.39, 0.29) is 0 Å². The highest BCUT2D eigenvalue weighted by atomic mass is 14.7. The minimum atomic E-state index is 0.892. The number of hydrogen-bond donors (Lipinski definition) is 0. The van der Waals surface area contributed by atoms with E-state index in [1.165, 1.54) is 0 Å². The van der Waals surface area contributed by atoms with Crippen LogP contribution in [0.2, 0.25) is 0 Å². The van der Waals surface area contributed by atoms with Gasteiger partial charge in [-0.3, -0.25) is 4.99 Å². The molecule has 0 bridgehead atoms. The van der Waals surface area contributed by atoms with Crippen LogP contribution < -0.4 is 4.98 Å². The highest BCUT2D eigenvalue weighted by molar-refractivity contribution is 5.42. The van der Waals surface area contributed by atoms with E-state index in [0.717, 1.165) is 5.69 Å². The lowest BCUT2D eigenvalue weighted by Crippen LogP contribution is -1.94. The van der Waals surface area contributed by atoms with Crippen LogP contribution in [0, 0.1) is 0 Å². The van der Waals surface area contributed by atoms with Crippen molar-refractivity contribution in [1.29, 1.82) is 0 Å². The van der Waals surface area contributed by atoms with Gasteiger partial charge < -0.3 is 0 Å². The molecule has 0 unspecified atom stereocenters. The van der Waals surface area contributed by atoms with E-state index in [2.05, 4.69) is 16.7 Å². The lowest BCUT2D eigenvalue weighted by molar-refractivity contribution is -0.377. The molecule has 8 heavy (non-hydrogen) atoms. The minimum absolute atomic E-state index is 0.892. The largest absolute Gasteiger partial charge is 0.264 e. The first kappa shape index (κ1) is 4.97. The normalized spacial score (nSPS) is 8.50. The van der Waals surface area contributed by atoms with Gasteiger partial charge in [-0.15, -0.1) is 0 Å². The molecule has 0 atom stereocenters. The third-order valence-electron chi connectivity index (χ3n) is 0.883. The van der Waals surface area contributed by atoms with Crippen molar-refractivity contribution >= 4 is 12.4 Å². The van der Waals surface area contributed by atoms with Gasteiger partial charge in [0.1, 0.15) is 0 Å². The molecule has 0 spiro atoms. The van der Waals surface area contributed by atoms with Crippen LogP contribution in [0.5, 0.6) is 0 Å². The average molecular weight is 107 g/mol. The second kappa shape index (κ2) is 2.21. The summed E-state index contributed by atoms with van der Waals surface area (Å²) in [7, 11) is 0. The predicted octanol–water partition coefficient (Wildman–Crippen LogP) is 0.833. The summed E-state index contributed by atoms with van der Waals surface area (Å²) in [6, 6.07) is 3.71. The molecule has 0 aromatic carbocycles. The van der Waals surface area contributed by atoms with Crippen molar-refractivity contribution in [3.8, 4) is 0 Å². The number of nitrogens with one attached hydrogen (secondary N) is 1. The summed E-state index contributed by atoms with van der Waals surface area (Å²) in [5.74, 6) is 0. The fourth-order valence-corrected chi connectivity index (χ4v) is 0.484. The molecular formula is C6H7N2+. The summed E-state index contributed by atoms with van der Waals surface area (Å²) in [6.45, 7) is 3.37. The molecule has 2 nitrogen and oxygen atoms in total. The van der Waals surface area contributed by atoms with Crippen LogP contribution in [0.1, 0.15) is 0 Å². The number of pyridine rings is 1. The van der Waals surface area contributed by atoms with E-state index in [0.29, 0.717) is 0 Å². The lowest BCUT2D eigenvalue weighted by Gasteiger charge is -1.80. The number of H-pyrrole nitrogens is 1. The van der Waals surface area contributed by atoms with E-state index < -0.39 is 0 Å². The number of nitrogens with zero attached hydrogens (tertiary/aromatic N) is 1. The lowest BCUT2D eigenvalue weighted by atomic mass is 10.4. The fourth-order valence-electron chi connectivity index (χ4n) is 0.484. The molecule has 0 aliphatic heterocycles. The first-order chi connectivity index (χ1) is 3.93. The molecule has 2 heteroatoms. The average Bonchev–Trinajstić information content (AvgIpc) is 1.90. The van der Waals surface area contributed by atoms with Crippen molar-refractivity contribution in [3.05, 3.63) is 24.5 Å². The highest BCUT2D eigenvalue weighted by Crippen LogP contribution is 2.03. The Morgan fingerprint density at radius 1 is 1.38 bits per heavy atom. The van der Waals surface area contributed by atoms with Crippen LogP contribution in [-0.2, 0) is 0 Å². The standard InChI is InChI=1S/C6H6N2/c1-7-6-2-4-8-5-3-6/h2-5H,1H2/p+1. The number of hydrogen-bond acceptors (Lipinski definition) is 1. The topological polar surface area (TPSA) is 26.5 Å². The second-order valence-electron chi connectivity index (χ2n) is 1.42. The summed E-state index contributed by atoms with van der Waals surface area (Å²) in [6.07, 6.45) is 3.62. The van der Waals surface area contributed by atoms with E-state index in [9.17, 15) is 0 Å². The van der Waals surface area contributed by atoms with Crippen molar-refractivity contribution in [1.82, 2.24) is 0 Å². The van der Waals surface area contributed by atoms with Crippen molar-refractivity contribution < 1.29 is 4.98 Å². The van der Waals surface area contributed by atoms with Crippen LogP contribution in [0.25, 0.3) is 0 Å². The number of rotatable bonds is 1. The van der Waals surface area contributed by atoms with Gasteiger partial charge in [-0.2, -0.15) is 0 Å². The SMILES string of the molecule is C=Nc1cc[nH+]cc1. The van der Waals surface area contributed by atoms with Gasteiger partial charge >= 0.3 is 0 Å². The molecule has 40 valence electrons. The first-order valence-corrected chi connectivity index (χ1v) is 2.36. The molecule has 1 rings (SSSR count). The number of aliphatic imine (C=N–C) groups is 1. The zero-order valence-corrected chi connectivity index (χ0v) is 4.46. The maximum absolute atomic E-state index is 3.70. The molecule has 1 aromatic heterocycles. The van der Waals surface area contributed by atoms with Crippen molar-refractivity contribution in [2.75, 3.05) is 0 Å². The third-order valence-corrected chi connectivity index (χ3v) is 0.883. The zero-order chi connectivity index (χ0) is 5.82. The maximum atomic E-state index is 3.70. The molecule has 0 saturated heterocycles. The van der Waals surface area contributed by atoms with Gasteiger partial charge in [0, 0.05) is 12.1 Å². The number of aromatic amines is 1. The van der Waals surface area contributed by atoms with E-state index in [1.807, 2.05) is 24.5 Å². The molecule has 1 N–H and O–H groups in total. The Hall–Kier alpha value is -1.18. The van der Waals surface area contributed by atoms with Gasteiger partial charge in [0.25, 0.3) is 0 Å². The van der Waals surface area contributed by atoms with E-state index in [4.69, 9.17) is 0 Å². The predicted molar refractivity (Wildman–Crippen MR) is 32.2 cm³/mol. The van der Waals surface area contributed by atoms with Crippen LogP contribution >= 0.6 is 0 Å². The second-order valence-corrected chi connectivity index (χ2v) is 1.42. The zero-order valence-electron chi connectivity index (χ0n) is 4.46. The smallest absolute Gasteiger partial charge is 0.169 e. The molecular weight excluding hydrogens is 100 g/mol. The van der Waals surface area contributed by atoms with Crippen LogP contribution in [0.4, 0.5) is 5.69 Å². The van der Waals surface area contributed by atoms with Crippen molar-refractivity contribution in [3.63, 3.8) is 0 Å². The summed E-state index contributed by atoms with van der Waals surface area (Å²) in [4.78, 5) is 6.58. The molecule has 0 saturated carbocycles. The first-order valence-electron chi connectivity index (χ1n) is 2.36. The Kier molecular flexibility index (Phi) is 1.37. The van der Waals surface area contributed by atoms with Crippen molar-refractivity contribution in [2.24, 2.45) is 4.99 Å². The quantitative estimate of drug-likeness (QED) is 0.475. The summed E-state index contributed by atoms with van der Waals surface area (Å²) >= 11 is 0. The number of aromatic nitrogens is 1. The van der Waals surface area contributed by atoms with Gasteiger partial charge in [-0.25, -0.2) is 4.98 Å². The van der Waals surface area contributed by atoms with Gasteiger partial charge in [0.15, 0.2) is 12.4 Å². The molecule has 1 heterocycles. The Bertz CT molecular complexity index is 169. The Morgan fingerprint density at radius 2 is 2.00 bits per heavy atom. The maximum Gasteiger partial charge on any atom is 0.169 e. The molecule has 0 fully saturated rings. The van der Waals surface area contributed by atoms with Gasteiger partial charge in [-0.05, 0) is 6.72 Å². The summed E-state index contributed by atoms with van der Waals surface area (Å²) in [5, 5.41) is 0. The van der Waals surface area contributed by atoms with Crippen LogP contribution in [0.15, 0.2) is 29.5 Å². The fraction of sp³-hybridized carbons (Fsp3) is 0.